The highest BCUT2D eigenvalue weighted by Crippen LogP contribution is 2.26. The van der Waals surface area contributed by atoms with Crippen molar-refractivity contribution in [2.45, 2.75) is 13.5 Å². The lowest BCUT2D eigenvalue weighted by molar-refractivity contribution is 0.0785. The standard InChI is InChI=1S/C24H21ClN4O/c1-17-8-9-19(14-26-17)24(30)28(2)15-20-16-29(22-6-4-3-5-7-22)27-23(20)18-10-12-21(25)13-11-18/h3-14,16H,15H2,1-2H3. The SMILES string of the molecule is Cc1ccc(C(=O)N(C)Cc2cn(-c3ccccc3)nc2-c2ccc(Cl)cc2)cn1. The molecule has 4 rings (SSSR count). The summed E-state index contributed by atoms with van der Waals surface area (Å²) >= 11 is 6.06. The molecule has 0 bridgehead atoms. The fourth-order valence-electron chi connectivity index (χ4n) is 3.23. The number of aromatic nitrogens is 3. The molecule has 6 heteroatoms. The minimum Gasteiger partial charge on any atom is -0.337 e. The fraction of sp³-hybridized carbons (Fsp3) is 0.125. The lowest BCUT2D eigenvalue weighted by Crippen LogP contribution is -2.26. The van der Waals surface area contributed by atoms with Gasteiger partial charge in [0.05, 0.1) is 16.9 Å². The number of hydrogen-bond acceptors (Lipinski definition) is 3. The van der Waals surface area contributed by atoms with Crippen LogP contribution in [0.3, 0.4) is 0 Å². The summed E-state index contributed by atoms with van der Waals surface area (Å²) in [6, 6.07) is 21.1. The van der Waals surface area contributed by atoms with Gasteiger partial charge in [-0.2, -0.15) is 5.10 Å². The molecule has 0 saturated carbocycles. The smallest absolute Gasteiger partial charge is 0.255 e. The van der Waals surface area contributed by atoms with Crippen LogP contribution in [0.2, 0.25) is 5.02 Å². The first-order valence-electron chi connectivity index (χ1n) is 9.59. The zero-order valence-electron chi connectivity index (χ0n) is 16.8. The molecule has 2 aromatic carbocycles. The first-order chi connectivity index (χ1) is 14.5. The van der Waals surface area contributed by atoms with Gasteiger partial charge in [-0.3, -0.25) is 9.78 Å². The van der Waals surface area contributed by atoms with E-state index in [0.29, 0.717) is 17.1 Å². The molecule has 2 heterocycles. The van der Waals surface area contributed by atoms with Crippen molar-refractivity contribution in [2.24, 2.45) is 0 Å². The number of rotatable bonds is 5. The Balaban J connectivity index is 1.68. The van der Waals surface area contributed by atoms with Crippen LogP contribution in [-0.4, -0.2) is 32.6 Å². The van der Waals surface area contributed by atoms with Crippen molar-refractivity contribution in [3.05, 3.63) is 101 Å². The third-order valence-electron chi connectivity index (χ3n) is 4.84. The van der Waals surface area contributed by atoms with E-state index < -0.39 is 0 Å². The molecule has 0 radical (unpaired) electrons. The Morgan fingerprint density at radius 3 is 2.43 bits per heavy atom. The van der Waals surface area contributed by atoms with Gasteiger partial charge in [0.2, 0.25) is 0 Å². The molecule has 0 fully saturated rings. The molecule has 4 aromatic rings. The number of benzene rings is 2. The van der Waals surface area contributed by atoms with E-state index in [4.69, 9.17) is 16.7 Å². The molecule has 0 N–H and O–H groups in total. The Morgan fingerprint density at radius 2 is 1.77 bits per heavy atom. The van der Waals surface area contributed by atoms with E-state index >= 15 is 0 Å². The maximum absolute atomic E-state index is 12.9. The third kappa shape index (κ3) is 4.26. The second kappa shape index (κ2) is 8.51. The average Bonchev–Trinajstić information content (AvgIpc) is 3.18. The number of carbonyl (C=O) groups is 1. The Morgan fingerprint density at radius 1 is 1.03 bits per heavy atom. The fourth-order valence-corrected chi connectivity index (χ4v) is 3.36. The van der Waals surface area contributed by atoms with E-state index in [1.54, 1.807) is 24.2 Å². The summed E-state index contributed by atoms with van der Waals surface area (Å²) in [5, 5.41) is 5.47. The van der Waals surface area contributed by atoms with Gasteiger partial charge >= 0.3 is 0 Å². The predicted molar refractivity (Wildman–Crippen MR) is 119 cm³/mol. The number of nitrogens with zero attached hydrogens (tertiary/aromatic N) is 4. The lowest BCUT2D eigenvalue weighted by Gasteiger charge is -2.17. The monoisotopic (exact) mass is 416 g/mol. The number of para-hydroxylation sites is 1. The van der Waals surface area contributed by atoms with Crippen LogP contribution >= 0.6 is 11.6 Å². The van der Waals surface area contributed by atoms with Crippen molar-refractivity contribution in [1.29, 1.82) is 0 Å². The van der Waals surface area contributed by atoms with Crippen LogP contribution in [-0.2, 0) is 6.54 Å². The van der Waals surface area contributed by atoms with Crippen LogP contribution in [0.15, 0.2) is 79.1 Å². The summed E-state index contributed by atoms with van der Waals surface area (Å²) in [4.78, 5) is 18.8. The third-order valence-corrected chi connectivity index (χ3v) is 5.09. The maximum Gasteiger partial charge on any atom is 0.255 e. The molecule has 0 saturated heterocycles. The van der Waals surface area contributed by atoms with Crippen LogP contribution < -0.4 is 0 Å². The molecule has 0 aliphatic carbocycles. The van der Waals surface area contributed by atoms with Gasteiger partial charge in [-0.1, -0.05) is 41.9 Å². The van der Waals surface area contributed by atoms with Crippen molar-refractivity contribution in [3.8, 4) is 16.9 Å². The molecule has 5 nitrogen and oxygen atoms in total. The Labute approximate surface area is 180 Å². The normalized spacial score (nSPS) is 10.8. The zero-order valence-corrected chi connectivity index (χ0v) is 17.5. The van der Waals surface area contributed by atoms with Gasteiger partial charge in [0, 0.05) is 47.8 Å². The number of hydrogen-bond donors (Lipinski definition) is 0. The summed E-state index contributed by atoms with van der Waals surface area (Å²) in [6.45, 7) is 2.31. The van der Waals surface area contributed by atoms with E-state index in [0.717, 1.165) is 28.2 Å². The van der Waals surface area contributed by atoms with Gasteiger partial charge in [0.1, 0.15) is 0 Å². The molecular formula is C24H21ClN4O. The zero-order chi connectivity index (χ0) is 21.1. The van der Waals surface area contributed by atoms with Gasteiger partial charge in [0.25, 0.3) is 5.91 Å². The van der Waals surface area contributed by atoms with Crippen molar-refractivity contribution >= 4 is 17.5 Å². The highest BCUT2D eigenvalue weighted by molar-refractivity contribution is 6.30. The van der Waals surface area contributed by atoms with E-state index in [1.165, 1.54) is 0 Å². The van der Waals surface area contributed by atoms with Crippen LogP contribution in [0, 0.1) is 6.92 Å². The largest absolute Gasteiger partial charge is 0.337 e. The van der Waals surface area contributed by atoms with Crippen LogP contribution in [0.5, 0.6) is 0 Å². The molecule has 0 aliphatic rings. The number of aryl methyl sites for hydroxylation is 1. The molecule has 0 spiro atoms. The average molecular weight is 417 g/mol. The highest BCUT2D eigenvalue weighted by Gasteiger charge is 2.18. The van der Waals surface area contributed by atoms with Crippen molar-refractivity contribution in [3.63, 3.8) is 0 Å². The predicted octanol–water partition coefficient (Wildman–Crippen LogP) is 5.17. The van der Waals surface area contributed by atoms with Gasteiger partial charge in [0.15, 0.2) is 0 Å². The summed E-state index contributed by atoms with van der Waals surface area (Å²) < 4.78 is 1.84. The first kappa shape index (κ1) is 19.9. The van der Waals surface area contributed by atoms with Gasteiger partial charge in [-0.15, -0.1) is 0 Å². The number of halogens is 1. The molecule has 2 aromatic heterocycles. The summed E-state index contributed by atoms with van der Waals surface area (Å²) in [5.41, 5.74) is 5.10. The van der Waals surface area contributed by atoms with Gasteiger partial charge in [-0.05, 0) is 43.3 Å². The maximum atomic E-state index is 12.9. The summed E-state index contributed by atoms with van der Waals surface area (Å²) in [5.74, 6) is -0.0861. The van der Waals surface area contributed by atoms with Crippen molar-refractivity contribution < 1.29 is 4.79 Å². The van der Waals surface area contributed by atoms with Crippen molar-refractivity contribution in [1.82, 2.24) is 19.7 Å². The highest BCUT2D eigenvalue weighted by atomic mass is 35.5. The molecule has 1 amide bonds. The van der Waals surface area contributed by atoms with E-state index in [-0.39, 0.29) is 5.91 Å². The van der Waals surface area contributed by atoms with E-state index in [9.17, 15) is 4.79 Å². The van der Waals surface area contributed by atoms with Crippen LogP contribution in [0.25, 0.3) is 16.9 Å². The number of amides is 1. The van der Waals surface area contributed by atoms with Crippen molar-refractivity contribution in [2.75, 3.05) is 7.05 Å². The van der Waals surface area contributed by atoms with E-state index in [1.807, 2.05) is 78.5 Å². The minimum absolute atomic E-state index is 0.0861. The first-order valence-corrected chi connectivity index (χ1v) is 9.97. The van der Waals surface area contributed by atoms with Gasteiger partial charge < -0.3 is 4.90 Å². The molecule has 150 valence electrons. The van der Waals surface area contributed by atoms with Gasteiger partial charge in [-0.25, -0.2) is 4.68 Å². The topological polar surface area (TPSA) is 51.0 Å². The summed E-state index contributed by atoms with van der Waals surface area (Å²) in [7, 11) is 1.79. The molecule has 0 unspecified atom stereocenters. The van der Waals surface area contributed by atoms with Crippen LogP contribution in [0.1, 0.15) is 21.6 Å². The molecule has 0 aliphatic heterocycles. The Hall–Kier alpha value is -3.44. The molecule has 30 heavy (non-hydrogen) atoms. The lowest BCUT2D eigenvalue weighted by atomic mass is 10.1. The number of pyridine rings is 1. The van der Waals surface area contributed by atoms with Crippen LogP contribution in [0.4, 0.5) is 0 Å². The number of carbonyl (C=O) groups excluding carboxylic acids is 1. The Kier molecular flexibility index (Phi) is 5.63. The van der Waals surface area contributed by atoms with E-state index in [2.05, 4.69) is 4.98 Å². The second-order valence-electron chi connectivity index (χ2n) is 7.14. The second-order valence-corrected chi connectivity index (χ2v) is 7.58. The molecule has 0 atom stereocenters. The quantitative estimate of drug-likeness (QED) is 0.451. The Bertz CT molecular complexity index is 1150. The summed E-state index contributed by atoms with van der Waals surface area (Å²) in [6.07, 6.45) is 3.58. The minimum atomic E-state index is -0.0861. The molecular weight excluding hydrogens is 396 g/mol.